The van der Waals surface area contributed by atoms with Crippen molar-refractivity contribution in [3.05, 3.63) is 65.2 Å². The topological polar surface area (TPSA) is 38.3 Å². The van der Waals surface area contributed by atoms with Gasteiger partial charge in [-0.1, -0.05) is 42.5 Å². The molecule has 1 amide bonds. The Morgan fingerprint density at radius 3 is 2.53 bits per heavy atom. The molecule has 3 nitrogen and oxygen atoms in total. The lowest BCUT2D eigenvalue weighted by Crippen LogP contribution is -2.35. The second kappa shape index (κ2) is 4.76. The molecule has 0 saturated heterocycles. The molecule has 0 fully saturated rings. The normalized spacial score (nSPS) is 17.5. The van der Waals surface area contributed by atoms with Gasteiger partial charge in [-0.05, 0) is 17.2 Å². The molecule has 0 spiro atoms. The second-order valence-corrected chi connectivity index (χ2v) is 4.62. The quantitative estimate of drug-likeness (QED) is 0.892. The number of carbonyl (C=O) groups excluding carboxylic acids is 1. The number of amides is 1. The van der Waals surface area contributed by atoms with Crippen LogP contribution in [-0.4, -0.2) is 13.0 Å². The standard InChI is InChI=1S/C16H15NO2/c1-19-14-9-5-4-8-13(14)16-12-7-3-2-6-11(12)10-15(18)17-16/h2-9,16H,10H2,1H3,(H,17,18). The van der Waals surface area contributed by atoms with Crippen LogP contribution in [0.1, 0.15) is 22.7 Å². The number of methoxy groups -OCH3 is 1. The van der Waals surface area contributed by atoms with E-state index in [9.17, 15) is 4.79 Å². The lowest BCUT2D eigenvalue weighted by molar-refractivity contribution is -0.121. The van der Waals surface area contributed by atoms with Gasteiger partial charge in [0, 0.05) is 5.56 Å². The third kappa shape index (κ3) is 2.08. The van der Waals surface area contributed by atoms with E-state index in [0.29, 0.717) is 6.42 Å². The molecule has 1 aliphatic rings. The van der Waals surface area contributed by atoms with Crippen molar-refractivity contribution < 1.29 is 9.53 Å². The number of nitrogens with one attached hydrogen (secondary N) is 1. The van der Waals surface area contributed by atoms with Crippen LogP contribution >= 0.6 is 0 Å². The highest BCUT2D eigenvalue weighted by molar-refractivity contribution is 5.82. The third-order valence-electron chi connectivity index (χ3n) is 3.47. The van der Waals surface area contributed by atoms with Gasteiger partial charge < -0.3 is 10.1 Å². The molecule has 0 bridgehead atoms. The van der Waals surface area contributed by atoms with E-state index < -0.39 is 0 Å². The number of rotatable bonds is 2. The van der Waals surface area contributed by atoms with Gasteiger partial charge in [-0.3, -0.25) is 4.79 Å². The Morgan fingerprint density at radius 2 is 1.74 bits per heavy atom. The van der Waals surface area contributed by atoms with Gasteiger partial charge in [-0.25, -0.2) is 0 Å². The first kappa shape index (κ1) is 11.8. The Bertz CT molecular complexity index is 622. The maximum absolute atomic E-state index is 11.9. The fraction of sp³-hybridized carbons (Fsp3) is 0.188. The van der Waals surface area contributed by atoms with Crippen LogP contribution in [-0.2, 0) is 11.2 Å². The van der Waals surface area contributed by atoms with Gasteiger partial charge >= 0.3 is 0 Å². The van der Waals surface area contributed by atoms with Crippen molar-refractivity contribution in [2.45, 2.75) is 12.5 Å². The van der Waals surface area contributed by atoms with Gasteiger partial charge in [-0.15, -0.1) is 0 Å². The molecular formula is C16H15NO2. The zero-order chi connectivity index (χ0) is 13.2. The van der Waals surface area contributed by atoms with Crippen molar-refractivity contribution in [2.75, 3.05) is 7.11 Å². The van der Waals surface area contributed by atoms with Crippen molar-refractivity contribution in [3.63, 3.8) is 0 Å². The molecule has 1 aliphatic heterocycles. The van der Waals surface area contributed by atoms with E-state index in [2.05, 4.69) is 11.4 Å². The lowest BCUT2D eigenvalue weighted by Gasteiger charge is -2.28. The number of hydrogen-bond acceptors (Lipinski definition) is 2. The molecule has 2 aromatic carbocycles. The second-order valence-electron chi connectivity index (χ2n) is 4.62. The Labute approximate surface area is 112 Å². The molecule has 0 radical (unpaired) electrons. The average Bonchev–Trinajstić information content (AvgIpc) is 2.46. The fourth-order valence-electron chi connectivity index (χ4n) is 2.59. The van der Waals surface area contributed by atoms with E-state index in [1.165, 1.54) is 0 Å². The highest BCUT2D eigenvalue weighted by Crippen LogP contribution is 2.33. The molecule has 2 aromatic rings. The average molecular weight is 253 g/mol. The fourth-order valence-corrected chi connectivity index (χ4v) is 2.59. The maximum Gasteiger partial charge on any atom is 0.225 e. The van der Waals surface area contributed by atoms with E-state index in [-0.39, 0.29) is 11.9 Å². The molecule has 3 heteroatoms. The van der Waals surface area contributed by atoms with Gasteiger partial charge in [0.05, 0.1) is 19.6 Å². The van der Waals surface area contributed by atoms with Crippen LogP contribution in [0.15, 0.2) is 48.5 Å². The molecule has 19 heavy (non-hydrogen) atoms. The molecule has 1 N–H and O–H groups in total. The van der Waals surface area contributed by atoms with Crippen LogP contribution in [0.4, 0.5) is 0 Å². The van der Waals surface area contributed by atoms with Gasteiger partial charge in [0.25, 0.3) is 0 Å². The SMILES string of the molecule is COc1ccccc1C1NC(=O)Cc2ccccc21. The Balaban J connectivity index is 2.13. The molecule has 1 heterocycles. The van der Waals surface area contributed by atoms with Crippen LogP contribution in [0.3, 0.4) is 0 Å². The molecule has 0 aliphatic carbocycles. The Morgan fingerprint density at radius 1 is 1.05 bits per heavy atom. The summed E-state index contributed by atoms with van der Waals surface area (Å²) in [5.41, 5.74) is 3.22. The number of benzene rings is 2. The summed E-state index contributed by atoms with van der Waals surface area (Å²) in [7, 11) is 1.65. The molecule has 0 saturated carbocycles. The molecule has 3 rings (SSSR count). The maximum atomic E-state index is 11.9. The minimum absolute atomic E-state index is 0.0506. The van der Waals surface area contributed by atoms with Crippen LogP contribution in [0.2, 0.25) is 0 Å². The van der Waals surface area contributed by atoms with Gasteiger partial charge in [0.1, 0.15) is 5.75 Å². The number of para-hydroxylation sites is 1. The first-order valence-electron chi connectivity index (χ1n) is 6.29. The van der Waals surface area contributed by atoms with E-state index in [1.54, 1.807) is 7.11 Å². The van der Waals surface area contributed by atoms with Crippen molar-refractivity contribution in [2.24, 2.45) is 0 Å². The summed E-state index contributed by atoms with van der Waals surface area (Å²) in [5, 5.41) is 3.04. The number of carbonyl (C=O) groups is 1. The number of ether oxygens (including phenoxy) is 1. The van der Waals surface area contributed by atoms with Gasteiger partial charge in [0.2, 0.25) is 5.91 Å². The predicted molar refractivity (Wildman–Crippen MR) is 73.1 cm³/mol. The van der Waals surface area contributed by atoms with E-state index in [4.69, 9.17) is 4.74 Å². The van der Waals surface area contributed by atoms with Gasteiger partial charge in [-0.2, -0.15) is 0 Å². The molecule has 96 valence electrons. The largest absolute Gasteiger partial charge is 0.496 e. The summed E-state index contributed by atoms with van der Waals surface area (Å²) in [6, 6.07) is 15.7. The van der Waals surface area contributed by atoms with Crippen molar-refractivity contribution >= 4 is 5.91 Å². The third-order valence-corrected chi connectivity index (χ3v) is 3.47. The van der Waals surface area contributed by atoms with E-state index >= 15 is 0 Å². The van der Waals surface area contributed by atoms with Crippen LogP contribution in [0.5, 0.6) is 5.75 Å². The molecular weight excluding hydrogens is 238 g/mol. The summed E-state index contributed by atoms with van der Waals surface area (Å²) >= 11 is 0. The summed E-state index contributed by atoms with van der Waals surface area (Å²) in [6.07, 6.45) is 0.446. The Kier molecular flexibility index (Phi) is 2.95. The highest BCUT2D eigenvalue weighted by atomic mass is 16.5. The molecule has 1 unspecified atom stereocenters. The monoisotopic (exact) mass is 253 g/mol. The molecule has 0 aromatic heterocycles. The van der Waals surface area contributed by atoms with E-state index in [1.807, 2.05) is 42.5 Å². The highest BCUT2D eigenvalue weighted by Gasteiger charge is 2.27. The van der Waals surface area contributed by atoms with Crippen LogP contribution in [0, 0.1) is 0 Å². The summed E-state index contributed by atoms with van der Waals surface area (Å²) in [5.74, 6) is 0.846. The van der Waals surface area contributed by atoms with Crippen molar-refractivity contribution in [3.8, 4) is 5.75 Å². The summed E-state index contributed by atoms with van der Waals surface area (Å²) in [6.45, 7) is 0. The zero-order valence-corrected chi connectivity index (χ0v) is 10.7. The minimum atomic E-state index is -0.131. The zero-order valence-electron chi connectivity index (χ0n) is 10.7. The van der Waals surface area contributed by atoms with Crippen LogP contribution in [0.25, 0.3) is 0 Å². The first-order valence-corrected chi connectivity index (χ1v) is 6.29. The van der Waals surface area contributed by atoms with Crippen LogP contribution < -0.4 is 10.1 Å². The number of hydrogen-bond donors (Lipinski definition) is 1. The molecule has 1 atom stereocenters. The lowest BCUT2D eigenvalue weighted by atomic mass is 9.89. The van der Waals surface area contributed by atoms with Crippen molar-refractivity contribution in [1.82, 2.24) is 5.32 Å². The Hall–Kier alpha value is -2.29. The summed E-state index contributed by atoms with van der Waals surface area (Å²) < 4.78 is 5.40. The smallest absolute Gasteiger partial charge is 0.225 e. The predicted octanol–water partition coefficient (Wildman–Crippen LogP) is 2.46. The first-order chi connectivity index (χ1) is 9.29. The number of fused-ring (bicyclic) bond motifs is 1. The minimum Gasteiger partial charge on any atom is -0.496 e. The van der Waals surface area contributed by atoms with Crippen molar-refractivity contribution in [1.29, 1.82) is 0 Å². The van der Waals surface area contributed by atoms with E-state index in [0.717, 1.165) is 22.4 Å². The van der Waals surface area contributed by atoms with Gasteiger partial charge in [0.15, 0.2) is 0 Å². The summed E-state index contributed by atoms with van der Waals surface area (Å²) in [4.78, 5) is 11.9.